The van der Waals surface area contributed by atoms with E-state index in [-0.39, 0.29) is 6.61 Å². The summed E-state index contributed by atoms with van der Waals surface area (Å²) in [5, 5.41) is 11.4. The van der Waals surface area contributed by atoms with Crippen LogP contribution in [0.15, 0.2) is 54.6 Å². The maximum absolute atomic E-state index is 11.8. The van der Waals surface area contributed by atoms with Crippen LogP contribution >= 0.6 is 0 Å². The van der Waals surface area contributed by atoms with E-state index in [2.05, 4.69) is 0 Å². The summed E-state index contributed by atoms with van der Waals surface area (Å²) in [5.74, 6) is -1.54. The molecule has 1 fully saturated rings. The van der Waals surface area contributed by atoms with E-state index in [0.29, 0.717) is 17.7 Å². The highest BCUT2D eigenvalue weighted by atomic mass is 17.2. The van der Waals surface area contributed by atoms with Crippen LogP contribution in [0.5, 0.6) is 5.75 Å². The van der Waals surface area contributed by atoms with Gasteiger partial charge in [0.25, 0.3) is 0 Å². The predicted octanol–water partition coefficient (Wildman–Crippen LogP) is 3.93. The number of hydrogen-bond acceptors (Lipinski definition) is 6. The lowest BCUT2D eigenvalue weighted by molar-refractivity contribution is -0.277. The number of carbonyl (C=O) groups is 2. The monoisotopic (exact) mass is 422 g/mol. The lowest BCUT2D eigenvalue weighted by Gasteiger charge is -2.15. The quantitative estimate of drug-likeness (QED) is 0.475. The Balaban J connectivity index is 1.71. The number of hydrogen-bond donors (Lipinski definition) is 1. The van der Waals surface area contributed by atoms with E-state index in [0.717, 1.165) is 27.5 Å². The number of methoxy groups -OCH3 is 2. The normalized spacial score (nSPS) is 18.1. The summed E-state index contributed by atoms with van der Waals surface area (Å²) in [5.41, 5.74) is 3.12. The number of benzene rings is 3. The van der Waals surface area contributed by atoms with Crippen molar-refractivity contribution in [2.45, 2.75) is 12.5 Å². The minimum atomic E-state index is -0.952. The second-order valence-corrected chi connectivity index (χ2v) is 7.34. The fourth-order valence-corrected chi connectivity index (χ4v) is 3.86. The zero-order valence-corrected chi connectivity index (χ0v) is 17.2. The van der Waals surface area contributed by atoms with Gasteiger partial charge in [-0.3, -0.25) is 4.79 Å². The van der Waals surface area contributed by atoms with Gasteiger partial charge >= 0.3 is 11.9 Å². The van der Waals surface area contributed by atoms with Gasteiger partial charge in [0.05, 0.1) is 26.4 Å². The molecule has 0 aliphatic carbocycles. The number of rotatable bonds is 6. The fraction of sp³-hybridized carbons (Fsp3) is 0.250. The number of carboxylic acids is 1. The number of ether oxygens (including phenoxy) is 2. The highest BCUT2D eigenvalue weighted by Gasteiger charge is 2.37. The van der Waals surface area contributed by atoms with Gasteiger partial charge in [0.2, 0.25) is 0 Å². The summed E-state index contributed by atoms with van der Waals surface area (Å²) in [7, 11) is 2.90. The highest BCUT2D eigenvalue weighted by Crippen LogP contribution is 2.35. The van der Waals surface area contributed by atoms with Crippen molar-refractivity contribution in [1.82, 2.24) is 0 Å². The Labute approximate surface area is 179 Å². The Morgan fingerprint density at radius 1 is 1.06 bits per heavy atom. The first-order valence-corrected chi connectivity index (χ1v) is 9.79. The molecule has 0 spiro atoms. The van der Waals surface area contributed by atoms with E-state index < -0.39 is 24.0 Å². The first kappa shape index (κ1) is 20.8. The van der Waals surface area contributed by atoms with Gasteiger partial charge in [-0.2, -0.15) is 0 Å². The summed E-state index contributed by atoms with van der Waals surface area (Å²) in [6.07, 6.45) is -0.0978. The van der Waals surface area contributed by atoms with Crippen LogP contribution in [0.25, 0.3) is 10.8 Å². The molecule has 2 atom stereocenters. The molecule has 3 aromatic rings. The van der Waals surface area contributed by atoms with E-state index in [1.807, 2.05) is 42.5 Å². The summed E-state index contributed by atoms with van der Waals surface area (Å²) >= 11 is 0. The highest BCUT2D eigenvalue weighted by molar-refractivity contribution is 5.90. The van der Waals surface area contributed by atoms with Gasteiger partial charge in [0.15, 0.2) is 0 Å². The Morgan fingerprint density at radius 2 is 1.90 bits per heavy atom. The van der Waals surface area contributed by atoms with Crippen molar-refractivity contribution in [2.75, 3.05) is 20.8 Å². The molecule has 0 radical (unpaired) electrons. The summed E-state index contributed by atoms with van der Waals surface area (Å²) in [6.45, 7) is 0.0173. The third kappa shape index (κ3) is 4.10. The van der Waals surface area contributed by atoms with Crippen LogP contribution in [0.4, 0.5) is 0 Å². The van der Waals surface area contributed by atoms with Gasteiger partial charge < -0.3 is 14.6 Å². The minimum absolute atomic E-state index is 0.0173. The van der Waals surface area contributed by atoms with Crippen LogP contribution in [-0.4, -0.2) is 37.9 Å². The van der Waals surface area contributed by atoms with Crippen molar-refractivity contribution >= 4 is 22.7 Å². The van der Waals surface area contributed by atoms with Gasteiger partial charge in [0.1, 0.15) is 17.8 Å². The first-order chi connectivity index (χ1) is 15.0. The largest absolute Gasteiger partial charge is 0.496 e. The summed E-state index contributed by atoms with van der Waals surface area (Å²) in [6, 6.07) is 17.0. The molecule has 1 aliphatic heterocycles. The molecule has 2 unspecified atom stereocenters. The number of carboxylic acid groups (broad SMARTS) is 1. The Hall–Kier alpha value is -3.42. The smallest absolute Gasteiger partial charge is 0.337 e. The number of aliphatic carboxylic acids is 1. The van der Waals surface area contributed by atoms with Crippen LogP contribution in [0.1, 0.15) is 33.2 Å². The van der Waals surface area contributed by atoms with E-state index in [4.69, 9.17) is 19.2 Å². The molecule has 1 saturated heterocycles. The number of carbonyl (C=O) groups excluding carboxylic acids is 1. The predicted molar refractivity (Wildman–Crippen MR) is 112 cm³/mol. The molecule has 31 heavy (non-hydrogen) atoms. The van der Waals surface area contributed by atoms with E-state index in [9.17, 15) is 14.7 Å². The molecule has 4 rings (SSSR count). The molecule has 7 heteroatoms. The molecule has 0 saturated carbocycles. The lowest BCUT2D eigenvalue weighted by atomic mass is 9.92. The summed E-state index contributed by atoms with van der Waals surface area (Å²) in [4.78, 5) is 33.6. The summed E-state index contributed by atoms with van der Waals surface area (Å²) < 4.78 is 10.3. The molecule has 1 heterocycles. The van der Waals surface area contributed by atoms with E-state index >= 15 is 0 Å². The Morgan fingerprint density at radius 3 is 2.65 bits per heavy atom. The van der Waals surface area contributed by atoms with Gasteiger partial charge in [-0.25, -0.2) is 14.6 Å². The van der Waals surface area contributed by atoms with Gasteiger partial charge in [-0.05, 0) is 45.7 Å². The molecule has 160 valence electrons. The van der Waals surface area contributed by atoms with Crippen LogP contribution in [-0.2, 0) is 25.7 Å². The van der Waals surface area contributed by atoms with E-state index in [1.165, 1.54) is 7.11 Å². The number of fused-ring (bicyclic) bond motifs is 1. The Kier molecular flexibility index (Phi) is 5.88. The van der Waals surface area contributed by atoms with Gasteiger partial charge in [-0.15, -0.1) is 0 Å². The third-order valence-electron chi connectivity index (χ3n) is 5.52. The van der Waals surface area contributed by atoms with Crippen molar-refractivity contribution in [3.8, 4) is 5.75 Å². The standard InChI is InChI=1S/C24H22O7/c1-28-21-12-18(24(27)29-2)9-7-16(21)10-15-5-3-4-14-6-8-17(11-19(14)15)22-20(23(25)26)13-30-31-22/h3-9,11-12,20,22H,10,13H2,1-2H3,(H,25,26). The second kappa shape index (κ2) is 8.75. The SMILES string of the molecule is COC(=O)c1ccc(Cc2cccc3ccc(C4OOCC4C(=O)O)cc23)c(OC)c1. The van der Waals surface area contributed by atoms with Crippen molar-refractivity contribution in [3.63, 3.8) is 0 Å². The molecule has 0 amide bonds. The molecular formula is C24H22O7. The molecule has 3 aromatic carbocycles. The molecule has 1 N–H and O–H groups in total. The van der Waals surface area contributed by atoms with Crippen molar-refractivity contribution < 1.29 is 33.9 Å². The maximum atomic E-state index is 11.8. The van der Waals surface area contributed by atoms with E-state index in [1.54, 1.807) is 19.2 Å². The van der Waals surface area contributed by atoms with Crippen LogP contribution in [0, 0.1) is 5.92 Å². The second-order valence-electron chi connectivity index (χ2n) is 7.34. The first-order valence-electron chi connectivity index (χ1n) is 9.79. The topological polar surface area (TPSA) is 91.3 Å². The van der Waals surface area contributed by atoms with Crippen molar-refractivity contribution in [1.29, 1.82) is 0 Å². The molecule has 0 bridgehead atoms. The van der Waals surface area contributed by atoms with Crippen LogP contribution < -0.4 is 4.74 Å². The zero-order valence-electron chi connectivity index (χ0n) is 17.2. The van der Waals surface area contributed by atoms with Crippen molar-refractivity contribution in [3.05, 3.63) is 76.9 Å². The molecule has 0 aromatic heterocycles. The van der Waals surface area contributed by atoms with Gasteiger partial charge in [0, 0.05) is 6.42 Å². The van der Waals surface area contributed by atoms with Crippen LogP contribution in [0.2, 0.25) is 0 Å². The minimum Gasteiger partial charge on any atom is -0.496 e. The zero-order chi connectivity index (χ0) is 22.0. The Bertz CT molecular complexity index is 1140. The average molecular weight is 422 g/mol. The maximum Gasteiger partial charge on any atom is 0.337 e. The molecule has 1 aliphatic rings. The third-order valence-corrected chi connectivity index (χ3v) is 5.52. The number of esters is 1. The van der Waals surface area contributed by atoms with Crippen LogP contribution in [0.3, 0.4) is 0 Å². The molecule has 7 nitrogen and oxygen atoms in total. The average Bonchev–Trinajstić information content (AvgIpc) is 3.29. The fourth-order valence-electron chi connectivity index (χ4n) is 3.86. The lowest BCUT2D eigenvalue weighted by Crippen LogP contribution is -2.20. The molecular weight excluding hydrogens is 400 g/mol. The van der Waals surface area contributed by atoms with Crippen molar-refractivity contribution in [2.24, 2.45) is 5.92 Å². The van der Waals surface area contributed by atoms with Gasteiger partial charge in [-0.1, -0.05) is 36.4 Å².